The van der Waals surface area contributed by atoms with Gasteiger partial charge in [-0.05, 0) is 41.7 Å². The normalized spacial score (nSPS) is 12.4. The summed E-state index contributed by atoms with van der Waals surface area (Å²) in [6, 6.07) is 13.4. The van der Waals surface area contributed by atoms with E-state index in [-0.39, 0.29) is 10.6 Å². The Kier molecular flexibility index (Phi) is 5.79. The maximum Gasteiger partial charge on any atom is 0.124 e. The number of rotatable bonds is 5. The van der Waals surface area contributed by atoms with Gasteiger partial charge in [0.25, 0.3) is 0 Å². The van der Waals surface area contributed by atoms with Crippen molar-refractivity contribution in [3.63, 3.8) is 0 Å². The lowest BCUT2D eigenvalue weighted by Gasteiger charge is -2.13. The first-order chi connectivity index (χ1) is 9.61. The quantitative estimate of drug-likeness (QED) is 0.509. The maximum atomic E-state index is 13.1. The van der Waals surface area contributed by atoms with E-state index >= 15 is 0 Å². The molecule has 0 aliphatic heterocycles. The van der Waals surface area contributed by atoms with E-state index in [0.717, 1.165) is 16.5 Å². The van der Waals surface area contributed by atoms with Crippen molar-refractivity contribution in [2.24, 2.45) is 0 Å². The second-order valence-corrected chi connectivity index (χ2v) is 6.64. The van der Waals surface area contributed by atoms with Crippen molar-refractivity contribution in [2.45, 2.75) is 31.0 Å². The van der Waals surface area contributed by atoms with E-state index in [9.17, 15) is 4.39 Å². The van der Waals surface area contributed by atoms with Crippen LogP contribution in [0.2, 0.25) is 0 Å². The fourth-order valence-electron chi connectivity index (χ4n) is 2.12. The predicted molar refractivity (Wildman–Crippen MR) is 89.9 cm³/mol. The van der Waals surface area contributed by atoms with Crippen molar-refractivity contribution in [1.29, 1.82) is 0 Å². The van der Waals surface area contributed by atoms with E-state index in [1.54, 1.807) is 0 Å². The molecule has 0 saturated heterocycles. The van der Waals surface area contributed by atoms with Crippen molar-refractivity contribution < 1.29 is 4.39 Å². The summed E-state index contributed by atoms with van der Waals surface area (Å²) < 4.78 is 13.9. The van der Waals surface area contributed by atoms with Crippen molar-refractivity contribution in [1.82, 2.24) is 0 Å². The molecular weight excluding hydrogens is 383 g/mol. The minimum absolute atomic E-state index is 0.0673. The van der Waals surface area contributed by atoms with Gasteiger partial charge < -0.3 is 0 Å². The zero-order valence-corrected chi connectivity index (χ0v) is 14.5. The van der Waals surface area contributed by atoms with Crippen LogP contribution >= 0.6 is 31.9 Å². The smallest absolute Gasteiger partial charge is 0.124 e. The molecule has 2 aromatic carbocycles. The minimum Gasteiger partial charge on any atom is -0.207 e. The molecule has 0 spiro atoms. The third-order valence-corrected chi connectivity index (χ3v) is 5.04. The molecule has 0 saturated carbocycles. The number of aryl methyl sites for hydroxylation is 1. The zero-order valence-electron chi connectivity index (χ0n) is 11.4. The summed E-state index contributed by atoms with van der Waals surface area (Å²) >= 11 is 7.12. The second-order valence-electron chi connectivity index (χ2n) is 4.87. The lowest BCUT2D eigenvalue weighted by molar-refractivity contribution is 0.626. The van der Waals surface area contributed by atoms with Crippen LogP contribution in [0.1, 0.15) is 41.3 Å². The van der Waals surface area contributed by atoms with Crippen LogP contribution in [0, 0.1) is 5.82 Å². The highest BCUT2D eigenvalue weighted by Crippen LogP contribution is 2.35. The Bertz CT molecular complexity index is 564. The van der Waals surface area contributed by atoms with Crippen molar-refractivity contribution in [3.05, 3.63) is 69.4 Å². The first kappa shape index (κ1) is 15.7. The van der Waals surface area contributed by atoms with E-state index in [4.69, 9.17) is 0 Å². The monoisotopic (exact) mass is 398 g/mol. The van der Waals surface area contributed by atoms with Gasteiger partial charge in [0.1, 0.15) is 5.82 Å². The van der Waals surface area contributed by atoms with Gasteiger partial charge in [-0.15, -0.1) is 0 Å². The molecule has 2 aromatic rings. The summed E-state index contributed by atoms with van der Waals surface area (Å²) in [5, 5.41) is 0. The average molecular weight is 400 g/mol. The fourth-order valence-corrected chi connectivity index (χ4v) is 3.71. The van der Waals surface area contributed by atoms with E-state index in [0.29, 0.717) is 0 Å². The Morgan fingerprint density at radius 1 is 1.10 bits per heavy atom. The Balaban J connectivity index is 2.18. The first-order valence-corrected chi connectivity index (χ1v) is 8.50. The molecule has 0 fully saturated rings. The molecular formula is C17H17Br2F. The summed E-state index contributed by atoms with van der Waals surface area (Å²) in [4.78, 5) is 0.0673. The molecule has 0 amide bonds. The highest BCUT2D eigenvalue weighted by molar-refractivity contribution is 9.11. The predicted octanol–water partition coefficient (Wildman–Crippen LogP) is 6.42. The van der Waals surface area contributed by atoms with Gasteiger partial charge in [-0.1, -0.05) is 75.5 Å². The third kappa shape index (κ3) is 3.92. The van der Waals surface area contributed by atoms with Crippen LogP contribution in [-0.2, 0) is 6.42 Å². The minimum atomic E-state index is -0.227. The largest absolute Gasteiger partial charge is 0.207 e. The fraction of sp³-hybridized carbons (Fsp3) is 0.294. The molecule has 0 N–H and O–H groups in total. The van der Waals surface area contributed by atoms with E-state index in [1.165, 1.54) is 36.1 Å². The van der Waals surface area contributed by atoms with Crippen molar-refractivity contribution in [3.8, 4) is 0 Å². The van der Waals surface area contributed by atoms with Gasteiger partial charge in [0.15, 0.2) is 0 Å². The molecule has 1 atom stereocenters. The second kappa shape index (κ2) is 7.37. The maximum absolute atomic E-state index is 13.1. The lowest BCUT2D eigenvalue weighted by atomic mass is 10.0. The molecule has 0 aliphatic rings. The molecule has 1 unspecified atom stereocenters. The van der Waals surface area contributed by atoms with Crippen LogP contribution in [0.4, 0.5) is 4.39 Å². The van der Waals surface area contributed by atoms with E-state index < -0.39 is 0 Å². The number of benzene rings is 2. The molecule has 0 heterocycles. The van der Waals surface area contributed by atoms with Gasteiger partial charge in [-0.3, -0.25) is 0 Å². The highest BCUT2D eigenvalue weighted by Gasteiger charge is 2.14. The summed E-state index contributed by atoms with van der Waals surface area (Å²) in [7, 11) is 0. The van der Waals surface area contributed by atoms with Crippen LogP contribution in [-0.4, -0.2) is 0 Å². The van der Waals surface area contributed by atoms with E-state index in [1.807, 2.05) is 6.07 Å². The van der Waals surface area contributed by atoms with Crippen LogP contribution in [0.25, 0.3) is 0 Å². The summed E-state index contributed by atoms with van der Waals surface area (Å²) in [5.41, 5.74) is 3.58. The summed E-state index contributed by atoms with van der Waals surface area (Å²) in [6.07, 6.45) is 3.57. The first-order valence-electron chi connectivity index (χ1n) is 6.79. The van der Waals surface area contributed by atoms with Gasteiger partial charge in [0.2, 0.25) is 0 Å². The van der Waals surface area contributed by atoms with Gasteiger partial charge in [-0.25, -0.2) is 4.39 Å². The molecule has 0 aliphatic carbocycles. The zero-order chi connectivity index (χ0) is 14.5. The number of hydrogen-bond donors (Lipinski definition) is 0. The number of hydrogen-bond acceptors (Lipinski definition) is 0. The van der Waals surface area contributed by atoms with Crippen molar-refractivity contribution in [2.75, 3.05) is 0 Å². The molecule has 106 valence electrons. The summed E-state index contributed by atoms with van der Waals surface area (Å²) in [6.45, 7) is 2.20. The number of halogens is 3. The highest BCUT2D eigenvalue weighted by atomic mass is 79.9. The molecule has 3 heteroatoms. The van der Waals surface area contributed by atoms with E-state index in [2.05, 4.69) is 63.0 Å². The molecule has 2 rings (SSSR count). The summed E-state index contributed by atoms with van der Waals surface area (Å²) in [5.74, 6) is -0.227. The van der Waals surface area contributed by atoms with Crippen LogP contribution in [0.15, 0.2) is 46.9 Å². The Morgan fingerprint density at radius 2 is 1.80 bits per heavy atom. The van der Waals surface area contributed by atoms with Gasteiger partial charge >= 0.3 is 0 Å². The molecule has 0 aromatic heterocycles. The van der Waals surface area contributed by atoms with Gasteiger partial charge in [-0.2, -0.15) is 0 Å². The molecule has 0 bridgehead atoms. The standard InChI is InChI=1S/C17H17Br2F/c1-2-3-4-12-5-7-13(8-6-12)17(19)15-10-9-14(20)11-16(15)18/h5-11,17H,2-4H2,1H3. The number of alkyl halides is 1. The average Bonchev–Trinajstić information content (AvgIpc) is 2.45. The Labute approximate surface area is 136 Å². The van der Waals surface area contributed by atoms with Crippen LogP contribution < -0.4 is 0 Å². The van der Waals surface area contributed by atoms with Gasteiger partial charge in [0, 0.05) is 4.47 Å². The Hall–Kier alpha value is -0.670. The van der Waals surface area contributed by atoms with Crippen molar-refractivity contribution >= 4 is 31.9 Å². The topological polar surface area (TPSA) is 0 Å². The molecule has 0 nitrogen and oxygen atoms in total. The number of unbranched alkanes of at least 4 members (excludes halogenated alkanes) is 1. The third-order valence-electron chi connectivity index (χ3n) is 3.33. The molecule has 20 heavy (non-hydrogen) atoms. The molecule has 0 radical (unpaired) electrons. The Morgan fingerprint density at radius 3 is 2.40 bits per heavy atom. The SMILES string of the molecule is CCCCc1ccc(C(Br)c2ccc(F)cc2Br)cc1. The lowest BCUT2D eigenvalue weighted by Crippen LogP contribution is -1.95. The van der Waals surface area contributed by atoms with Gasteiger partial charge in [0.05, 0.1) is 4.83 Å². The van der Waals surface area contributed by atoms with Crippen LogP contribution in [0.5, 0.6) is 0 Å². The van der Waals surface area contributed by atoms with Crippen LogP contribution in [0.3, 0.4) is 0 Å².